The van der Waals surface area contributed by atoms with Crippen molar-refractivity contribution < 1.29 is 18.7 Å². The molecule has 1 aliphatic rings. The first kappa shape index (κ1) is 25.2. The van der Waals surface area contributed by atoms with Gasteiger partial charge in [0, 0.05) is 43.3 Å². The van der Waals surface area contributed by atoms with Crippen LogP contribution in [0.4, 0.5) is 4.39 Å². The van der Waals surface area contributed by atoms with E-state index in [0.29, 0.717) is 49.9 Å². The van der Waals surface area contributed by atoms with Crippen molar-refractivity contribution in [3.05, 3.63) is 99.8 Å². The Hall–Kier alpha value is -2.93. The summed E-state index contributed by atoms with van der Waals surface area (Å²) >= 11 is 6.10. The molecule has 3 aromatic carbocycles. The Kier molecular flexibility index (Phi) is 8.39. The lowest BCUT2D eigenvalue weighted by molar-refractivity contribution is 0.00341. The van der Waals surface area contributed by atoms with Crippen LogP contribution in [0, 0.1) is 12.7 Å². The van der Waals surface area contributed by atoms with E-state index in [9.17, 15) is 9.18 Å². The minimum Gasteiger partial charge on any atom is -0.494 e. The summed E-state index contributed by atoms with van der Waals surface area (Å²) in [5.41, 5.74) is 3.73. The molecule has 1 amide bonds. The number of amides is 1. The number of nitrogens with zero attached hydrogens (tertiary/aromatic N) is 2. The van der Waals surface area contributed by atoms with Crippen molar-refractivity contribution in [1.29, 1.82) is 0 Å². The SMILES string of the molecule is COc1ccc(C(=O)N2CCN(C[C@@H](OCc3cccc(C)c3)c3ccc(Cl)cc3)CC2)cc1F. The summed E-state index contributed by atoms with van der Waals surface area (Å²) in [6.45, 7) is 5.84. The van der Waals surface area contributed by atoms with Gasteiger partial charge in [0.15, 0.2) is 11.6 Å². The summed E-state index contributed by atoms with van der Waals surface area (Å²) in [6, 6.07) is 20.4. The summed E-state index contributed by atoms with van der Waals surface area (Å²) in [5.74, 6) is -0.574. The molecule has 0 saturated carbocycles. The summed E-state index contributed by atoms with van der Waals surface area (Å²) in [6.07, 6.45) is -0.134. The molecular formula is C28H30ClFN2O3. The third-order valence-electron chi connectivity index (χ3n) is 6.26. The minimum absolute atomic E-state index is 0.130. The van der Waals surface area contributed by atoms with Crippen molar-refractivity contribution in [3.63, 3.8) is 0 Å². The van der Waals surface area contributed by atoms with Crippen LogP contribution in [0.3, 0.4) is 0 Å². The Morgan fingerprint density at radius 2 is 1.77 bits per heavy atom. The molecule has 1 aliphatic heterocycles. The van der Waals surface area contributed by atoms with E-state index in [1.807, 2.05) is 30.3 Å². The number of rotatable bonds is 8. The van der Waals surface area contributed by atoms with Gasteiger partial charge in [-0.1, -0.05) is 53.6 Å². The number of carbonyl (C=O) groups excluding carboxylic acids is 1. The average molecular weight is 497 g/mol. The Bertz CT molecular complexity index is 1150. The first-order chi connectivity index (χ1) is 16.9. The molecule has 0 spiro atoms. The van der Waals surface area contributed by atoms with Gasteiger partial charge < -0.3 is 14.4 Å². The van der Waals surface area contributed by atoms with Crippen molar-refractivity contribution in [2.75, 3.05) is 39.8 Å². The zero-order valence-electron chi connectivity index (χ0n) is 20.0. The molecule has 0 unspecified atom stereocenters. The van der Waals surface area contributed by atoms with Gasteiger partial charge in [-0.05, 0) is 48.4 Å². The van der Waals surface area contributed by atoms with Crippen LogP contribution in [-0.2, 0) is 11.3 Å². The standard InChI is InChI=1S/C28H30ClFN2O3/c1-20-4-3-5-21(16-20)19-35-27(22-6-9-24(29)10-7-22)18-31-12-14-32(15-13-31)28(33)23-8-11-26(34-2)25(30)17-23/h3-11,16-17,27H,12-15,18-19H2,1-2H3/t27-/m1/s1. The molecular weight excluding hydrogens is 467 g/mol. The molecule has 0 N–H and O–H groups in total. The molecule has 3 aromatic rings. The van der Waals surface area contributed by atoms with Gasteiger partial charge in [-0.25, -0.2) is 4.39 Å². The molecule has 0 aromatic heterocycles. The second-order valence-corrected chi connectivity index (χ2v) is 9.22. The topological polar surface area (TPSA) is 42.0 Å². The maximum absolute atomic E-state index is 14.1. The molecule has 0 aliphatic carbocycles. The quantitative estimate of drug-likeness (QED) is 0.412. The molecule has 5 nitrogen and oxygen atoms in total. The highest BCUT2D eigenvalue weighted by molar-refractivity contribution is 6.30. The summed E-state index contributed by atoms with van der Waals surface area (Å²) in [7, 11) is 1.40. The Balaban J connectivity index is 1.38. The second kappa shape index (κ2) is 11.7. The zero-order chi connectivity index (χ0) is 24.8. The van der Waals surface area contributed by atoms with E-state index in [1.54, 1.807) is 11.0 Å². The van der Waals surface area contributed by atoms with Crippen LogP contribution in [0.2, 0.25) is 5.02 Å². The lowest BCUT2D eigenvalue weighted by atomic mass is 10.1. The Morgan fingerprint density at radius 3 is 2.43 bits per heavy atom. The van der Waals surface area contributed by atoms with Crippen molar-refractivity contribution >= 4 is 17.5 Å². The molecule has 7 heteroatoms. The number of methoxy groups -OCH3 is 1. The molecule has 0 bridgehead atoms. The first-order valence-electron chi connectivity index (χ1n) is 11.7. The first-order valence-corrected chi connectivity index (χ1v) is 12.1. The number of aryl methyl sites for hydroxylation is 1. The number of hydrogen-bond donors (Lipinski definition) is 0. The number of hydrogen-bond acceptors (Lipinski definition) is 4. The van der Waals surface area contributed by atoms with Crippen LogP contribution in [0.15, 0.2) is 66.7 Å². The smallest absolute Gasteiger partial charge is 0.254 e. The molecule has 1 atom stereocenters. The number of benzene rings is 3. The van der Waals surface area contributed by atoms with E-state index in [2.05, 4.69) is 30.0 Å². The van der Waals surface area contributed by atoms with Crippen molar-refractivity contribution in [1.82, 2.24) is 9.80 Å². The fourth-order valence-corrected chi connectivity index (χ4v) is 4.41. The monoisotopic (exact) mass is 496 g/mol. The Morgan fingerprint density at radius 1 is 1.03 bits per heavy atom. The highest BCUT2D eigenvalue weighted by Gasteiger charge is 2.25. The lowest BCUT2D eigenvalue weighted by Gasteiger charge is -2.36. The van der Waals surface area contributed by atoms with Gasteiger partial charge in [-0.15, -0.1) is 0 Å². The van der Waals surface area contributed by atoms with Crippen molar-refractivity contribution in [2.24, 2.45) is 0 Å². The minimum atomic E-state index is -0.534. The highest BCUT2D eigenvalue weighted by atomic mass is 35.5. The predicted molar refractivity (Wildman–Crippen MR) is 135 cm³/mol. The van der Waals surface area contributed by atoms with E-state index in [4.69, 9.17) is 21.1 Å². The average Bonchev–Trinajstić information content (AvgIpc) is 2.87. The zero-order valence-corrected chi connectivity index (χ0v) is 20.8. The molecule has 1 saturated heterocycles. The van der Waals surface area contributed by atoms with Crippen LogP contribution in [0.5, 0.6) is 5.75 Å². The largest absolute Gasteiger partial charge is 0.494 e. The van der Waals surface area contributed by atoms with Gasteiger partial charge >= 0.3 is 0 Å². The molecule has 184 valence electrons. The number of ether oxygens (including phenoxy) is 2. The molecule has 1 fully saturated rings. The van der Waals surface area contributed by atoms with Gasteiger partial charge in [0.2, 0.25) is 0 Å². The van der Waals surface area contributed by atoms with Crippen LogP contribution in [0.1, 0.15) is 33.2 Å². The van der Waals surface area contributed by atoms with E-state index in [1.165, 1.54) is 24.8 Å². The Labute approximate surface area is 211 Å². The maximum atomic E-state index is 14.1. The fraction of sp³-hybridized carbons (Fsp3) is 0.321. The number of piperazine rings is 1. The summed E-state index contributed by atoms with van der Waals surface area (Å²) < 4.78 is 25.4. The third kappa shape index (κ3) is 6.60. The van der Waals surface area contributed by atoms with E-state index >= 15 is 0 Å². The van der Waals surface area contributed by atoms with Gasteiger partial charge in [-0.3, -0.25) is 9.69 Å². The maximum Gasteiger partial charge on any atom is 0.254 e. The van der Waals surface area contributed by atoms with E-state index < -0.39 is 5.82 Å². The fourth-order valence-electron chi connectivity index (χ4n) is 4.28. The molecule has 4 rings (SSSR count). The lowest BCUT2D eigenvalue weighted by Crippen LogP contribution is -2.49. The van der Waals surface area contributed by atoms with Crippen molar-refractivity contribution in [3.8, 4) is 5.75 Å². The summed E-state index contributed by atoms with van der Waals surface area (Å²) in [4.78, 5) is 16.9. The third-order valence-corrected chi connectivity index (χ3v) is 6.51. The van der Waals surface area contributed by atoms with Gasteiger partial charge in [0.05, 0.1) is 19.8 Å². The molecule has 1 heterocycles. The number of carbonyl (C=O) groups is 1. The summed E-state index contributed by atoms with van der Waals surface area (Å²) in [5, 5.41) is 0.688. The van der Waals surface area contributed by atoms with Crippen LogP contribution < -0.4 is 4.74 Å². The second-order valence-electron chi connectivity index (χ2n) is 8.78. The van der Waals surface area contributed by atoms with Gasteiger partial charge in [-0.2, -0.15) is 0 Å². The predicted octanol–water partition coefficient (Wildman–Crippen LogP) is 5.51. The van der Waals surface area contributed by atoms with Crippen molar-refractivity contribution in [2.45, 2.75) is 19.6 Å². The molecule has 0 radical (unpaired) electrons. The highest BCUT2D eigenvalue weighted by Crippen LogP contribution is 2.24. The number of halogens is 2. The normalized spacial score (nSPS) is 15.1. The van der Waals surface area contributed by atoms with E-state index in [0.717, 1.165) is 11.1 Å². The van der Waals surface area contributed by atoms with Gasteiger partial charge in [0.25, 0.3) is 5.91 Å². The molecule has 35 heavy (non-hydrogen) atoms. The van der Waals surface area contributed by atoms with E-state index in [-0.39, 0.29) is 17.8 Å². The van der Waals surface area contributed by atoms with Gasteiger partial charge in [0.1, 0.15) is 0 Å². The van der Waals surface area contributed by atoms with Crippen LogP contribution >= 0.6 is 11.6 Å². The van der Waals surface area contributed by atoms with Crippen LogP contribution in [0.25, 0.3) is 0 Å². The van der Waals surface area contributed by atoms with Crippen LogP contribution in [-0.4, -0.2) is 55.5 Å².